The normalized spacial score (nSPS) is 12.0. The summed E-state index contributed by atoms with van der Waals surface area (Å²) in [5.41, 5.74) is 6.51. The van der Waals surface area contributed by atoms with E-state index in [4.69, 9.17) is 5.10 Å². The molecule has 0 unspecified atom stereocenters. The lowest BCUT2D eigenvalue weighted by atomic mass is 9.85. The fraction of sp³-hybridized carbons (Fsp3) is 0.214. The zero-order chi connectivity index (χ0) is 25.5. The Morgan fingerprint density at radius 2 is 1.51 bits per heavy atom. The molecular formula is C28H28N2O4S. The van der Waals surface area contributed by atoms with Crippen molar-refractivity contribution in [1.29, 1.82) is 0 Å². The van der Waals surface area contributed by atoms with Gasteiger partial charge in [-0.25, -0.2) is 17.9 Å². The van der Waals surface area contributed by atoms with Gasteiger partial charge in [0.05, 0.1) is 27.5 Å². The maximum atomic E-state index is 11.9. The summed E-state index contributed by atoms with van der Waals surface area (Å²) in [5.74, 6) is -0.983. The molecule has 7 heteroatoms. The summed E-state index contributed by atoms with van der Waals surface area (Å²) in [6, 6.07) is 21.6. The van der Waals surface area contributed by atoms with Crippen LogP contribution in [0.15, 0.2) is 77.7 Å². The summed E-state index contributed by atoms with van der Waals surface area (Å²) < 4.78 is 25.7. The third-order valence-electron chi connectivity index (χ3n) is 5.89. The third-order valence-corrected chi connectivity index (χ3v) is 7.01. The van der Waals surface area contributed by atoms with E-state index in [1.807, 2.05) is 6.07 Å². The Morgan fingerprint density at radius 1 is 0.886 bits per heavy atom. The SMILES string of the molecule is Cc1cc(-c2cc(-c3ccc(C(=O)O)cc3)nn2-c2ccc(S(C)(=O)=O)cc2)cc(C(C)(C)C)c1. The molecule has 4 rings (SSSR count). The van der Waals surface area contributed by atoms with Gasteiger partial charge in [0.15, 0.2) is 9.84 Å². The van der Waals surface area contributed by atoms with Gasteiger partial charge in [-0.3, -0.25) is 0 Å². The zero-order valence-electron chi connectivity index (χ0n) is 20.4. The number of carboxylic acids is 1. The average molecular weight is 489 g/mol. The monoisotopic (exact) mass is 488 g/mol. The molecule has 0 aliphatic heterocycles. The van der Waals surface area contributed by atoms with Crippen molar-refractivity contribution in [3.63, 3.8) is 0 Å². The number of carbonyl (C=O) groups is 1. The lowest BCUT2D eigenvalue weighted by Crippen LogP contribution is -2.11. The quantitative estimate of drug-likeness (QED) is 0.377. The highest BCUT2D eigenvalue weighted by molar-refractivity contribution is 7.90. The lowest BCUT2D eigenvalue weighted by molar-refractivity contribution is 0.0697. The first kappa shape index (κ1) is 24.4. The van der Waals surface area contributed by atoms with Gasteiger partial charge < -0.3 is 5.11 Å². The summed E-state index contributed by atoms with van der Waals surface area (Å²) in [7, 11) is -3.32. The van der Waals surface area contributed by atoms with Crippen LogP contribution >= 0.6 is 0 Å². The molecular weight excluding hydrogens is 460 g/mol. The fourth-order valence-electron chi connectivity index (χ4n) is 3.91. The van der Waals surface area contributed by atoms with Gasteiger partial charge in [0.1, 0.15) is 0 Å². The molecule has 0 saturated heterocycles. The van der Waals surface area contributed by atoms with Crippen LogP contribution in [-0.4, -0.2) is 35.5 Å². The van der Waals surface area contributed by atoms with Gasteiger partial charge in [0.2, 0.25) is 0 Å². The smallest absolute Gasteiger partial charge is 0.335 e. The van der Waals surface area contributed by atoms with Gasteiger partial charge in [-0.1, -0.05) is 44.5 Å². The van der Waals surface area contributed by atoms with Crippen LogP contribution in [0.4, 0.5) is 0 Å². The van der Waals surface area contributed by atoms with Crippen LogP contribution < -0.4 is 0 Å². The highest BCUT2D eigenvalue weighted by Gasteiger charge is 2.19. The molecule has 180 valence electrons. The van der Waals surface area contributed by atoms with Crippen molar-refractivity contribution in [2.24, 2.45) is 0 Å². The Kier molecular flexibility index (Phi) is 6.15. The summed E-state index contributed by atoms with van der Waals surface area (Å²) in [6.45, 7) is 8.57. The van der Waals surface area contributed by atoms with Crippen molar-refractivity contribution in [2.75, 3.05) is 6.26 Å². The number of sulfone groups is 1. The van der Waals surface area contributed by atoms with E-state index in [0.29, 0.717) is 5.69 Å². The molecule has 3 aromatic carbocycles. The second-order valence-corrected chi connectivity index (χ2v) is 11.8. The van der Waals surface area contributed by atoms with Crippen molar-refractivity contribution in [1.82, 2.24) is 9.78 Å². The predicted octanol–water partition coefficient (Wildman–Crippen LogP) is 5.91. The molecule has 0 aliphatic rings. The molecule has 0 atom stereocenters. The Hall–Kier alpha value is -3.71. The number of benzene rings is 3. The molecule has 0 spiro atoms. The lowest BCUT2D eigenvalue weighted by Gasteiger charge is -2.21. The summed E-state index contributed by atoms with van der Waals surface area (Å²) in [4.78, 5) is 11.5. The number of hydrogen-bond donors (Lipinski definition) is 1. The molecule has 0 amide bonds. The van der Waals surface area contributed by atoms with Crippen molar-refractivity contribution >= 4 is 15.8 Å². The first-order chi connectivity index (χ1) is 16.3. The first-order valence-electron chi connectivity index (χ1n) is 11.2. The van der Waals surface area contributed by atoms with Crippen LogP contribution in [0.1, 0.15) is 42.3 Å². The van der Waals surface area contributed by atoms with Crippen molar-refractivity contribution in [2.45, 2.75) is 38.0 Å². The zero-order valence-corrected chi connectivity index (χ0v) is 21.2. The number of aromatic nitrogens is 2. The van der Waals surface area contributed by atoms with Crippen molar-refractivity contribution in [3.8, 4) is 28.2 Å². The minimum absolute atomic E-state index is 0.0434. The minimum atomic E-state index is -3.32. The molecule has 1 aromatic heterocycles. The fourth-order valence-corrected chi connectivity index (χ4v) is 4.54. The molecule has 0 radical (unpaired) electrons. The molecule has 1 N–H and O–H groups in total. The second-order valence-electron chi connectivity index (χ2n) is 9.81. The largest absolute Gasteiger partial charge is 0.478 e. The van der Waals surface area contributed by atoms with Gasteiger partial charge in [-0.15, -0.1) is 0 Å². The van der Waals surface area contributed by atoms with E-state index in [1.165, 1.54) is 11.8 Å². The van der Waals surface area contributed by atoms with Crippen LogP contribution in [0.3, 0.4) is 0 Å². The van der Waals surface area contributed by atoms with Crippen molar-refractivity contribution < 1.29 is 18.3 Å². The minimum Gasteiger partial charge on any atom is -0.478 e. The molecule has 0 saturated carbocycles. The molecule has 0 fully saturated rings. The summed E-state index contributed by atoms with van der Waals surface area (Å²) in [5, 5.41) is 14.1. The number of carboxylic acid groups (broad SMARTS) is 1. The van der Waals surface area contributed by atoms with Gasteiger partial charge in [0.25, 0.3) is 0 Å². The van der Waals surface area contributed by atoms with E-state index in [9.17, 15) is 18.3 Å². The summed E-state index contributed by atoms with van der Waals surface area (Å²) >= 11 is 0. The molecule has 0 bridgehead atoms. The number of aromatic carboxylic acids is 1. The third kappa shape index (κ3) is 5.20. The predicted molar refractivity (Wildman–Crippen MR) is 138 cm³/mol. The number of aryl methyl sites for hydroxylation is 1. The van der Waals surface area contributed by atoms with Gasteiger partial charge in [-0.2, -0.15) is 5.10 Å². The number of nitrogens with zero attached hydrogens (tertiary/aromatic N) is 2. The Labute approximate surface area is 205 Å². The Morgan fingerprint density at radius 3 is 2.06 bits per heavy atom. The van der Waals surface area contributed by atoms with Gasteiger partial charge >= 0.3 is 5.97 Å². The Balaban J connectivity index is 1.91. The maximum absolute atomic E-state index is 11.9. The van der Waals surface area contributed by atoms with E-state index >= 15 is 0 Å². The molecule has 35 heavy (non-hydrogen) atoms. The van der Waals surface area contributed by atoms with Gasteiger partial charge in [-0.05, 0) is 72.5 Å². The highest BCUT2D eigenvalue weighted by atomic mass is 32.2. The van der Waals surface area contributed by atoms with Crippen LogP contribution in [0.25, 0.3) is 28.2 Å². The number of rotatable bonds is 5. The van der Waals surface area contributed by atoms with Crippen LogP contribution in [0, 0.1) is 6.92 Å². The van der Waals surface area contributed by atoms with E-state index in [2.05, 4.69) is 45.9 Å². The molecule has 0 aliphatic carbocycles. The highest BCUT2D eigenvalue weighted by Crippen LogP contribution is 2.33. The standard InChI is InChI=1S/C28H28N2O4S/c1-18-14-21(16-22(15-18)28(2,3)4)26-17-25(19-6-8-20(9-7-19)27(31)32)29-30(26)23-10-12-24(13-11-23)35(5,33)34/h6-17H,1-5H3,(H,31,32). The van der Waals surface area contributed by atoms with Crippen LogP contribution in [-0.2, 0) is 15.3 Å². The second kappa shape index (κ2) is 8.82. The Bertz CT molecular complexity index is 1510. The van der Waals surface area contributed by atoms with Crippen LogP contribution in [0.2, 0.25) is 0 Å². The van der Waals surface area contributed by atoms with E-state index < -0.39 is 15.8 Å². The van der Waals surface area contributed by atoms with Crippen molar-refractivity contribution in [3.05, 3.63) is 89.5 Å². The van der Waals surface area contributed by atoms with E-state index in [-0.39, 0.29) is 15.9 Å². The summed E-state index contributed by atoms with van der Waals surface area (Å²) in [6.07, 6.45) is 1.18. The molecule has 1 heterocycles. The van der Waals surface area contributed by atoms with E-state index in [1.54, 1.807) is 53.2 Å². The van der Waals surface area contributed by atoms with Gasteiger partial charge in [0, 0.05) is 17.4 Å². The maximum Gasteiger partial charge on any atom is 0.335 e. The number of hydrogen-bond acceptors (Lipinski definition) is 4. The average Bonchev–Trinajstić information content (AvgIpc) is 3.23. The topological polar surface area (TPSA) is 89.3 Å². The van der Waals surface area contributed by atoms with Crippen LogP contribution in [0.5, 0.6) is 0 Å². The first-order valence-corrected chi connectivity index (χ1v) is 13.1. The molecule has 4 aromatic rings. The van der Waals surface area contributed by atoms with E-state index in [0.717, 1.165) is 28.1 Å². The molecule has 6 nitrogen and oxygen atoms in total.